The molecule has 1 unspecified atom stereocenters. The fourth-order valence-corrected chi connectivity index (χ4v) is 1.97. The zero-order chi connectivity index (χ0) is 12.5. The fourth-order valence-electron chi connectivity index (χ4n) is 1.78. The number of nitrogens with two attached hydrogens (primary N) is 1. The van der Waals surface area contributed by atoms with Crippen molar-refractivity contribution in [3.05, 3.63) is 52.8 Å². The van der Waals surface area contributed by atoms with Gasteiger partial charge in [-0.05, 0) is 31.5 Å². The van der Waals surface area contributed by atoms with Gasteiger partial charge in [0.2, 0.25) is 0 Å². The molecule has 0 fully saturated rings. The number of nitrogens with zero attached hydrogens (tertiary/aromatic N) is 2. The number of rotatable bonds is 3. The first-order valence-corrected chi connectivity index (χ1v) is 5.99. The van der Waals surface area contributed by atoms with Crippen LogP contribution in [0.25, 0.3) is 0 Å². The van der Waals surface area contributed by atoms with Crippen LogP contribution in [0, 0.1) is 0 Å². The van der Waals surface area contributed by atoms with E-state index in [2.05, 4.69) is 5.10 Å². The van der Waals surface area contributed by atoms with E-state index in [9.17, 15) is 0 Å². The molecule has 3 nitrogen and oxygen atoms in total. The molecule has 0 radical (unpaired) electrons. The second kappa shape index (κ2) is 4.51. The molecule has 0 aliphatic heterocycles. The predicted molar refractivity (Wildman–Crippen MR) is 70.0 cm³/mol. The van der Waals surface area contributed by atoms with Crippen molar-refractivity contribution >= 4 is 11.6 Å². The van der Waals surface area contributed by atoms with Crippen LogP contribution in [-0.2, 0) is 12.1 Å². The summed E-state index contributed by atoms with van der Waals surface area (Å²) in [7, 11) is 0. The maximum atomic E-state index is 6.38. The maximum Gasteiger partial charge on any atom is 0.0668 e. The fraction of sp³-hybridized carbons (Fsp3) is 0.308. The van der Waals surface area contributed by atoms with Crippen LogP contribution < -0.4 is 5.73 Å². The van der Waals surface area contributed by atoms with Gasteiger partial charge in [-0.2, -0.15) is 5.10 Å². The van der Waals surface area contributed by atoms with Crippen LogP contribution in [0.3, 0.4) is 0 Å². The Morgan fingerprint density at radius 3 is 2.76 bits per heavy atom. The molecule has 0 amide bonds. The van der Waals surface area contributed by atoms with E-state index in [-0.39, 0.29) is 0 Å². The standard InChI is InChI=1S/C13H16ClN3/c1-3-17-9-11(8-16-17)13(2,15)10-5-4-6-12(14)7-10/h4-9H,3,15H2,1-2H3. The molecule has 1 atom stereocenters. The van der Waals surface area contributed by atoms with Gasteiger partial charge in [-0.1, -0.05) is 23.7 Å². The average Bonchev–Trinajstić information content (AvgIpc) is 2.78. The SMILES string of the molecule is CCn1cc(C(C)(N)c2cccc(Cl)c2)cn1. The molecular weight excluding hydrogens is 234 g/mol. The van der Waals surface area contributed by atoms with Crippen LogP contribution in [0.15, 0.2) is 36.7 Å². The van der Waals surface area contributed by atoms with E-state index in [1.807, 2.05) is 55.2 Å². The summed E-state index contributed by atoms with van der Waals surface area (Å²) in [5.74, 6) is 0. The summed E-state index contributed by atoms with van der Waals surface area (Å²) in [5.41, 5.74) is 7.79. The molecule has 1 aromatic carbocycles. The highest BCUT2D eigenvalue weighted by molar-refractivity contribution is 6.30. The number of hydrogen-bond donors (Lipinski definition) is 1. The lowest BCUT2D eigenvalue weighted by molar-refractivity contribution is 0.598. The minimum Gasteiger partial charge on any atom is -0.318 e. The second-order valence-corrected chi connectivity index (χ2v) is 4.73. The largest absolute Gasteiger partial charge is 0.318 e. The Labute approximate surface area is 106 Å². The van der Waals surface area contributed by atoms with Crippen molar-refractivity contribution in [2.75, 3.05) is 0 Å². The van der Waals surface area contributed by atoms with Gasteiger partial charge in [-0.25, -0.2) is 0 Å². The Bertz CT molecular complexity index is 517. The topological polar surface area (TPSA) is 43.8 Å². The highest BCUT2D eigenvalue weighted by Gasteiger charge is 2.25. The molecule has 1 aromatic heterocycles. The van der Waals surface area contributed by atoms with E-state index in [0.717, 1.165) is 17.7 Å². The van der Waals surface area contributed by atoms with E-state index in [1.165, 1.54) is 0 Å². The maximum absolute atomic E-state index is 6.38. The van der Waals surface area contributed by atoms with Crippen LogP contribution in [0.1, 0.15) is 25.0 Å². The molecular formula is C13H16ClN3. The lowest BCUT2D eigenvalue weighted by atomic mass is 9.88. The van der Waals surface area contributed by atoms with E-state index >= 15 is 0 Å². The van der Waals surface area contributed by atoms with Crippen molar-refractivity contribution in [1.29, 1.82) is 0 Å². The Balaban J connectivity index is 2.41. The van der Waals surface area contributed by atoms with Crippen molar-refractivity contribution < 1.29 is 0 Å². The lowest BCUT2D eigenvalue weighted by Gasteiger charge is -2.24. The van der Waals surface area contributed by atoms with Gasteiger partial charge in [0.15, 0.2) is 0 Å². The first kappa shape index (κ1) is 12.1. The summed E-state index contributed by atoms with van der Waals surface area (Å²) in [6.45, 7) is 4.85. The Morgan fingerprint density at radius 2 is 2.18 bits per heavy atom. The third-order valence-corrected chi connectivity index (χ3v) is 3.22. The van der Waals surface area contributed by atoms with Gasteiger partial charge in [0.1, 0.15) is 0 Å². The van der Waals surface area contributed by atoms with E-state index in [0.29, 0.717) is 5.02 Å². The summed E-state index contributed by atoms with van der Waals surface area (Å²) in [6.07, 6.45) is 3.78. The van der Waals surface area contributed by atoms with Crippen molar-refractivity contribution in [2.45, 2.75) is 25.9 Å². The quantitative estimate of drug-likeness (QED) is 0.909. The summed E-state index contributed by atoms with van der Waals surface area (Å²) in [6, 6.07) is 7.63. The molecule has 2 rings (SSSR count). The van der Waals surface area contributed by atoms with Crippen LogP contribution >= 0.6 is 11.6 Å². The van der Waals surface area contributed by atoms with Gasteiger partial charge >= 0.3 is 0 Å². The van der Waals surface area contributed by atoms with Gasteiger partial charge in [0.05, 0.1) is 11.7 Å². The zero-order valence-corrected chi connectivity index (χ0v) is 10.8. The van der Waals surface area contributed by atoms with E-state index in [1.54, 1.807) is 0 Å². The van der Waals surface area contributed by atoms with Crippen LogP contribution in [0.2, 0.25) is 5.02 Å². The molecule has 17 heavy (non-hydrogen) atoms. The molecule has 4 heteroatoms. The monoisotopic (exact) mass is 249 g/mol. The molecule has 2 N–H and O–H groups in total. The molecule has 0 spiro atoms. The minimum atomic E-state index is -0.571. The number of benzene rings is 1. The van der Waals surface area contributed by atoms with Gasteiger partial charge in [-0.15, -0.1) is 0 Å². The summed E-state index contributed by atoms with van der Waals surface area (Å²) in [5, 5.41) is 4.95. The smallest absolute Gasteiger partial charge is 0.0668 e. The van der Waals surface area contributed by atoms with E-state index < -0.39 is 5.54 Å². The summed E-state index contributed by atoms with van der Waals surface area (Å²) < 4.78 is 1.87. The van der Waals surface area contributed by atoms with Crippen molar-refractivity contribution in [3.63, 3.8) is 0 Å². The summed E-state index contributed by atoms with van der Waals surface area (Å²) >= 11 is 5.99. The van der Waals surface area contributed by atoms with Gasteiger partial charge < -0.3 is 5.73 Å². The third-order valence-electron chi connectivity index (χ3n) is 2.98. The average molecular weight is 250 g/mol. The Hall–Kier alpha value is -1.32. The molecule has 0 aliphatic carbocycles. The van der Waals surface area contributed by atoms with Crippen molar-refractivity contribution in [3.8, 4) is 0 Å². The summed E-state index contributed by atoms with van der Waals surface area (Å²) in [4.78, 5) is 0. The van der Waals surface area contributed by atoms with Gasteiger partial charge in [-0.3, -0.25) is 4.68 Å². The normalized spacial score (nSPS) is 14.6. The van der Waals surface area contributed by atoms with Crippen molar-refractivity contribution in [2.24, 2.45) is 5.73 Å². The van der Waals surface area contributed by atoms with Gasteiger partial charge in [0.25, 0.3) is 0 Å². The first-order valence-electron chi connectivity index (χ1n) is 5.62. The third kappa shape index (κ3) is 2.35. The molecule has 90 valence electrons. The van der Waals surface area contributed by atoms with E-state index in [4.69, 9.17) is 17.3 Å². The molecule has 0 bridgehead atoms. The highest BCUT2D eigenvalue weighted by atomic mass is 35.5. The van der Waals surface area contributed by atoms with Gasteiger partial charge in [0, 0.05) is 23.3 Å². The number of halogens is 1. The number of hydrogen-bond acceptors (Lipinski definition) is 2. The van der Waals surface area contributed by atoms with Crippen molar-refractivity contribution in [1.82, 2.24) is 9.78 Å². The Kier molecular flexibility index (Phi) is 3.22. The number of aryl methyl sites for hydroxylation is 1. The zero-order valence-electron chi connectivity index (χ0n) is 10.0. The Morgan fingerprint density at radius 1 is 1.41 bits per heavy atom. The van der Waals surface area contributed by atoms with Crippen LogP contribution in [0.4, 0.5) is 0 Å². The molecule has 1 heterocycles. The molecule has 0 aliphatic rings. The minimum absolute atomic E-state index is 0.571. The lowest BCUT2D eigenvalue weighted by Crippen LogP contribution is -2.33. The predicted octanol–water partition coefficient (Wildman–Crippen LogP) is 2.78. The van der Waals surface area contributed by atoms with Crippen LogP contribution in [0.5, 0.6) is 0 Å². The molecule has 0 saturated carbocycles. The first-order chi connectivity index (χ1) is 8.04. The highest BCUT2D eigenvalue weighted by Crippen LogP contribution is 2.27. The number of aromatic nitrogens is 2. The molecule has 0 saturated heterocycles. The second-order valence-electron chi connectivity index (χ2n) is 4.30. The molecule has 2 aromatic rings. The van der Waals surface area contributed by atoms with Crippen LogP contribution in [-0.4, -0.2) is 9.78 Å².